The number of amides is 1. The fraction of sp³-hybridized carbons (Fsp3) is 0.120. The van der Waals surface area contributed by atoms with Gasteiger partial charge in [0.25, 0.3) is 11.5 Å². The molecule has 0 aliphatic carbocycles. The first-order valence-corrected chi connectivity index (χ1v) is 9.70. The summed E-state index contributed by atoms with van der Waals surface area (Å²) in [6.45, 7) is 2.21. The van der Waals surface area contributed by atoms with E-state index >= 15 is 0 Å². The number of benzene rings is 3. The summed E-state index contributed by atoms with van der Waals surface area (Å²) >= 11 is 0. The van der Waals surface area contributed by atoms with Crippen molar-refractivity contribution in [1.29, 1.82) is 0 Å². The Kier molecular flexibility index (Phi) is 5.35. The van der Waals surface area contributed by atoms with Crippen LogP contribution in [0.2, 0.25) is 0 Å². The average Bonchev–Trinajstić information content (AvgIpc) is 2.78. The number of hydrogen-bond acceptors (Lipinski definition) is 3. The van der Waals surface area contributed by atoms with E-state index in [9.17, 15) is 9.59 Å². The van der Waals surface area contributed by atoms with Crippen LogP contribution in [0.3, 0.4) is 0 Å². The molecule has 0 saturated carbocycles. The molecule has 0 spiro atoms. The van der Waals surface area contributed by atoms with E-state index in [0.29, 0.717) is 23.5 Å². The third kappa shape index (κ3) is 3.70. The Morgan fingerprint density at radius 2 is 1.60 bits per heavy atom. The maximum atomic E-state index is 13.4. The molecule has 0 atom stereocenters. The first-order valence-electron chi connectivity index (χ1n) is 9.70. The van der Waals surface area contributed by atoms with E-state index in [1.165, 1.54) is 0 Å². The Hall–Kier alpha value is -3.86. The summed E-state index contributed by atoms with van der Waals surface area (Å²) < 4.78 is 6.82. The number of aryl methyl sites for hydroxylation is 1. The predicted octanol–water partition coefficient (Wildman–Crippen LogP) is 4.62. The average molecular weight is 398 g/mol. The molecule has 1 heterocycles. The monoisotopic (exact) mass is 398 g/mol. The van der Waals surface area contributed by atoms with Gasteiger partial charge in [-0.05, 0) is 48.4 Å². The first kappa shape index (κ1) is 19.5. The molecule has 0 saturated heterocycles. The van der Waals surface area contributed by atoms with Crippen molar-refractivity contribution in [3.05, 3.63) is 106 Å². The van der Waals surface area contributed by atoms with Crippen LogP contribution in [0.1, 0.15) is 21.5 Å². The quantitative estimate of drug-likeness (QED) is 0.534. The third-order valence-electron chi connectivity index (χ3n) is 5.19. The van der Waals surface area contributed by atoms with Crippen LogP contribution in [0.25, 0.3) is 10.9 Å². The second-order valence-electron chi connectivity index (χ2n) is 7.08. The van der Waals surface area contributed by atoms with Crippen molar-refractivity contribution in [2.24, 2.45) is 0 Å². The van der Waals surface area contributed by atoms with Crippen LogP contribution < -0.4 is 15.6 Å². The second-order valence-corrected chi connectivity index (χ2v) is 7.08. The zero-order chi connectivity index (χ0) is 21.1. The highest BCUT2D eigenvalue weighted by Gasteiger charge is 2.20. The third-order valence-corrected chi connectivity index (χ3v) is 5.19. The Labute approximate surface area is 174 Å². The van der Waals surface area contributed by atoms with E-state index < -0.39 is 5.91 Å². The first-order chi connectivity index (χ1) is 14.6. The van der Waals surface area contributed by atoms with Crippen molar-refractivity contribution in [1.82, 2.24) is 4.57 Å². The minimum Gasteiger partial charge on any atom is -0.497 e. The molecule has 30 heavy (non-hydrogen) atoms. The fourth-order valence-corrected chi connectivity index (χ4v) is 3.62. The largest absolute Gasteiger partial charge is 0.497 e. The van der Waals surface area contributed by atoms with Gasteiger partial charge in [-0.1, -0.05) is 48.5 Å². The van der Waals surface area contributed by atoms with Crippen molar-refractivity contribution in [3.8, 4) is 5.75 Å². The zero-order valence-electron chi connectivity index (χ0n) is 16.9. The van der Waals surface area contributed by atoms with Gasteiger partial charge in [-0.25, -0.2) is 0 Å². The molecule has 0 bridgehead atoms. The minimum atomic E-state index is -0.421. The van der Waals surface area contributed by atoms with Gasteiger partial charge in [-0.15, -0.1) is 0 Å². The summed E-state index contributed by atoms with van der Waals surface area (Å²) in [6, 6.07) is 24.4. The van der Waals surface area contributed by atoms with E-state index in [0.717, 1.165) is 16.5 Å². The number of para-hydroxylation sites is 1. The Morgan fingerprint density at radius 1 is 0.933 bits per heavy atom. The van der Waals surface area contributed by atoms with Gasteiger partial charge < -0.3 is 14.6 Å². The predicted molar refractivity (Wildman–Crippen MR) is 119 cm³/mol. The Balaban J connectivity index is 1.80. The molecule has 4 aromatic rings. The van der Waals surface area contributed by atoms with Gasteiger partial charge in [-0.2, -0.15) is 0 Å². The normalized spacial score (nSPS) is 10.7. The highest BCUT2D eigenvalue weighted by atomic mass is 16.5. The molecular formula is C25H22N2O3. The van der Waals surface area contributed by atoms with E-state index in [1.807, 2.05) is 61.5 Å². The lowest BCUT2D eigenvalue weighted by Gasteiger charge is -2.16. The number of fused-ring (bicyclic) bond motifs is 1. The van der Waals surface area contributed by atoms with Gasteiger partial charge in [0.15, 0.2) is 0 Å². The van der Waals surface area contributed by atoms with Crippen LogP contribution in [-0.4, -0.2) is 17.6 Å². The number of carbonyl (C=O) groups excluding carboxylic acids is 1. The molecule has 0 fully saturated rings. The van der Waals surface area contributed by atoms with Crippen LogP contribution in [0.15, 0.2) is 83.7 Å². The van der Waals surface area contributed by atoms with E-state index in [2.05, 4.69) is 5.32 Å². The molecule has 0 aliphatic heterocycles. The van der Waals surface area contributed by atoms with Crippen LogP contribution in [-0.2, 0) is 6.54 Å². The summed E-state index contributed by atoms with van der Waals surface area (Å²) in [7, 11) is 1.58. The fourth-order valence-electron chi connectivity index (χ4n) is 3.62. The lowest BCUT2D eigenvalue weighted by molar-refractivity contribution is 0.102. The molecule has 4 rings (SSSR count). The number of rotatable bonds is 5. The van der Waals surface area contributed by atoms with Crippen molar-refractivity contribution < 1.29 is 9.53 Å². The maximum Gasteiger partial charge on any atom is 0.264 e. The number of pyridine rings is 1. The minimum absolute atomic E-state index is 0.153. The lowest BCUT2D eigenvalue weighted by atomic mass is 10.0. The molecule has 1 aromatic heterocycles. The number of hydrogen-bond donors (Lipinski definition) is 1. The summed E-state index contributed by atoms with van der Waals surface area (Å²) in [5, 5.41) is 3.72. The highest BCUT2D eigenvalue weighted by molar-refractivity contribution is 6.07. The SMILES string of the molecule is COc1ccc(NC(=O)c2c(C)c3ccccc3n(Cc3ccccc3)c2=O)cc1. The molecule has 0 aliphatic rings. The highest BCUT2D eigenvalue weighted by Crippen LogP contribution is 2.22. The molecule has 1 N–H and O–H groups in total. The maximum absolute atomic E-state index is 13.4. The zero-order valence-corrected chi connectivity index (χ0v) is 16.9. The van der Waals surface area contributed by atoms with Crippen molar-refractivity contribution in [2.75, 3.05) is 12.4 Å². The number of anilines is 1. The molecule has 1 amide bonds. The number of methoxy groups -OCH3 is 1. The molecule has 150 valence electrons. The molecule has 0 radical (unpaired) electrons. The van der Waals surface area contributed by atoms with E-state index in [1.54, 1.807) is 35.9 Å². The van der Waals surface area contributed by atoms with Crippen LogP contribution >= 0.6 is 0 Å². The molecule has 5 nitrogen and oxygen atoms in total. The summed E-state index contributed by atoms with van der Waals surface area (Å²) in [4.78, 5) is 26.5. The summed E-state index contributed by atoms with van der Waals surface area (Å²) in [5.41, 5.74) is 2.93. The van der Waals surface area contributed by atoms with Gasteiger partial charge in [0.05, 0.1) is 19.2 Å². The van der Waals surface area contributed by atoms with Gasteiger partial charge in [0.1, 0.15) is 11.3 Å². The van der Waals surface area contributed by atoms with Gasteiger partial charge in [-0.3, -0.25) is 9.59 Å². The number of nitrogens with one attached hydrogen (secondary N) is 1. The number of carbonyl (C=O) groups is 1. The molecule has 0 unspecified atom stereocenters. The van der Waals surface area contributed by atoms with Crippen molar-refractivity contribution in [2.45, 2.75) is 13.5 Å². The van der Waals surface area contributed by atoms with Gasteiger partial charge >= 0.3 is 0 Å². The number of aromatic nitrogens is 1. The number of ether oxygens (including phenoxy) is 1. The van der Waals surface area contributed by atoms with Crippen molar-refractivity contribution >= 4 is 22.5 Å². The summed E-state index contributed by atoms with van der Waals surface area (Å²) in [6.07, 6.45) is 0. The van der Waals surface area contributed by atoms with E-state index in [-0.39, 0.29) is 11.1 Å². The number of nitrogens with zero attached hydrogens (tertiary/aromatic N) is 1. The van der Waals surface area contributed by atoms with Gasteiger partial charge in [0.2, 0.25) is 0 Å². The Morgan fingerprint density at radius 3 is 2.30 bits per heavy atom. The van der Waals surface area contributed by atoms with Gasteiger partial charge in [0, 0.05) is 11.1 Å². The second kappa shape index (κ2) is 8.25. The molecular weight excluding hydrogens is 376 g/mol. The summed E-state index contributed by atoms with van der Waals surface area (Å²) in [5.74, 6) is 0.273. The van der Waals surface area contributed by atoms with Crippen LogP contribution in [0.4, 0.5) is 5.69 Å². The van der Waals surface area contributed by atoms with Crippen molar-refractivity contribution in [3.63, 3.8) is 0 Å². The van der Waals surface area contributed by atoms with Crippen LogP contribution in [0, 0.1) is 6.92 Å². The smallest absolute Gasteiger partial charge is 0.264 e. The standard InChI is InChI=1S/C25H22N2O3/c1-17-21-10-6-7-11-22(21)27(16-18-8-4-3-5-9-18)25(29)23(17)24(28)26-19-12-14-20(30-2)15-13-19/h3-15H,16H2,1-2H3,(H,26,28). The lowest BCUT2D eigenvalue weighted by Crippen LogP contribution is -2.31. The molecule has 3 aromatic carbocycles. The molecule has 5 heteroatoms. The van der Waals surface area contributed by atoms with Crippen LogP contribution in [0.5, 0.6) is 5.75 Å². The van der Waals surface area contributed by atoms with E-state index in [4.69, 9.17) is 4.74 Å². The topological polar surface area (TPSA) is 60.3 Å². The Bertz CT molecular complexity index is 1260.